The van der Waals surface area contributed by atoms with E-state index in [4.69, 9.17) is 10.5 Å². The average Bonchev–Trinajstić information content (AvgIpc) is 3.49. The van der Waals surface area contributed by atoms with E-state index in [0.717, 1.165) is 62.4 Å². The zero-order valence-electron chi connectivity index (χ0n) is 19.8. The minimum Gasteiger partial charge on any atom is -1.00 e. The van der Waals surface area contributed by atoms with E-state index < -0.39 is 5.41 Å². The monoisotopic (exact) mass is 506 g/mol. The van der Waals surface area contributed by atoms with Crippen molar-refractivity contribution in [2.24, 2.45) is 11.7 Å². The number of primary amides is 1. The van der Waals surface area contributed by atoms with E-state index in [1.807, 2.05) is 60.7 Å². The number of likely N-dealkylation sites (tertiary alicyclic amines) is 1. The van der Waals surface area contributed by atoms with Crippen LogP contribution in [-0.2, 0) is 23.1 Å². The van der Waals surface area contributed by atoms with Gasteiger partial charge in [0.05, 0.1) is 6.61 Å². The van der Waals surface area contributed by atoms with Gasteiger partial charge >= 0.3 is 1.43 Å². The van der Waals surface area contributed by atoms with Crippen molar-refractivity contribution >= 4 is 5.91 Å². The SMILES string of the molecule is NC(=O)C(c1ccccc1)(c1ccccc1)C1CCN(CCc2ccc3c(c2)CCO3)C1.[Br-].[H+]. The molecule has 2 aliphatic rings. The van der Waals surface area contributed by atoms with Gasteiger partial charge in [-0.25, -0.2) is 0 Å². The number of hydrogen-bond donors (Lipinski definition) is 1. The molecule has 1 unspecified atom stereocenters. The lowest BCUT2D eigenvalue weighted by molar-refractivity contribution is -0.123. The third-order valence-corrected chi connectivity index (χ3v) is 7.20. The molecule has 0 spiro atoms. The maximum Gasteiger partial charge on any atom is 1.00 e. The number of amides is 1. The third-order valence-electron chi connectivity index (χ3n) is 7.20. The molecular weight excluding hydrogens is 476 g/mol. The maximum atomic E-state index is 13.2. The van der Waals surface area contributed by atoms with Crippen molar-refractivity contribution in [3.05, 3.63) is 101 Å². The van der Waals surface area contributed by atoms with Crippen LogP contribution in [0.5, 0.6) is 5.75 Å². The van der Waals surface area contributed by atoms with Gasteiger partial charge in [-0.2, -0.15) is 0 Å². The molecule has 4 nitrogen and oxygen atoms in total. The minimum atomic E-state index is -0.817. The zero-order valence-corrected chi connectivity index (χ0v) is 20.3. The molecule has 1 saturated heterocycles. The van der Waals surface area contributed by atoms with Crippen molar-refractivity contribution in [2.75, 3.05) is 26.2 Å². The standard InChI is InChI=1S/C28H30N2O2.BrH/c29-27(31)28(23-7-3-1-4-8-23,24-9-5-2-6-10-24)25-14-17-30(20-25)16-13-21-11-12-26-22(19-21)15-18-32-26;/h1-12,19,25H,13-18,20H2,(H2,29,31);1H. The minimum absolute atomic E-state index is 0. The number of rotatable bonds is 7. The van der Waals surface area contributed by atoms with Crippen LogP contribution in [0.3, 0.4) is 0 Å². The second-order valence-corrected chi connectivity index (χ2v) is 8.98. The summed E-state index contributed by atoms with van der Waals surface area (Å²) in [6.07, 6.45) is 2.95. The van der Waals surface area contributed by atoms with Gasteiger partial charge in [0, 0.05) is 19.5 Å². The number of carbonyl (C=O) groups excluding carboxylic acids is 1. The first-order valence-corrected chi connectivity index (χ1v) is 11.6. The fourth-order valence-corrected chi connectivity index (χ4v) is 5.60. The fourth-order valence-electron chi connectivity index (χ4n) is 5.60. The molecule has 3 aromatic carbocycles. The normalized spacial score (nSPS) is 17.8. The molecule has 3 aromatic rings. The number of hydrogen-bond acceptors (Lipinski definition) is 3. The largest absolute Gasteiger partial charge is 1.00 e. The van der Waals surface area contributed by atoms with Crippen molar-refractivity contribution in [1.29, 1.82) is 0 Å². The van der Waals surface area contributed by atoms with Gasteiger partial charge in [0.15, 0.2) is 0 Å². The Labute approximate surface area is 208 Å². The van der Waals surface area contributed by atoms with Gasteiger partial charge in [0.2, 0.25) is 5.91 Å². The molecule has 1 atom stereocenters. The Kier molecular flexibility index (Phi) is 7.20. The molecule has 2 heterocycles. The van der Waals surface area contributed by atoms with Crippen LogP contribution in [0, 0.1) is 5.92 Å². The average molecular weight is 507 g/mol. The molecule has 0 saturated carbocycles. The van der Waals surface area contributed by atoms with Crippen molar-refractivity contribution in [2.45, 2.75) is 24.7 Å². The number of halogens is 1. The van der Waals surface area contributed by atoms with E-state index in [9.17, 15) is 4.79 Å². The highest BCUT2D eigenvalue weighted by Gasteiger charge is 2.49. The highest BCUT2D eigenvalue weighted by atomic mass is 79.9. The van der Waals surface area contributed by atoms with Crippen LogP contribution in [-0.4, -0.2) is 37.0 Å². The van der Waals surface area contributed by atoms with Crippen LogP contribution in [0.4, 0.5) is 0 Å². The first kappa shape index (κ1) is 23.5. The van der Waals surface area contributed by atoms with Crippen molar-refractivity contribution in [3.63, 3.8) is 0 Å². The molecule has 2 N–H and O–H groups in total. The van der Waals surface area contributed by atoms with E-state index in [-0.39, 0.29) is 30.2 Å². The second-order valence-electron chi connectivity index (χ2n) is 8.98. The fraction of sp³-hybridized carbons (Fsp3) is 0.321. The van der Waals surface area contributed by atoms with Crippen LogP contribution in [0.25, 0.3) is 0 Å². The van der Waals surface area contributed by atoms with E-state index in [0.29, 0.717) is 0 Å². The molecule has 5 rings (SSSR count). The summed E-state index contributed by atoms with van der Waals surface area (Å²) >= 11 is 0. The highest BCUT2D eigenvalue weighted by Crippen LogP contribution is 2.43. The van der Waals surface area contributed by atoms with Gasteiger partial charge in [-0.15, -0.1) is 0 Å². The summed E-state index contributed by atoms with van der Waals surface area (Å²) in [6.45, 7) is 3.61. The summed E-state index contributed by atoms with van der Waals surface area (Å²) in [6, 6.07) is 26.7. The van der Waals surface area contributed by atoms with Gasteiger partial charge < -0.3 is 32.4 Å². The van der Waals surface area contributed by atoms with Gasteiger partial charge in [0.25, 0.3) is 0 Å². The van der Waals surface area contributed by atoms with Crippen molar-refractivity contribution in [3.8, 4) is 5.75 Å². The molecule has 33 heavy (non-hydrogen) atoms. The van der Waals surface area contributed by atoms with E-state index >= 15 is 0 Å². The Hall–Kier alpha value is -2.63. The lowest BCUT2D eigenvalue weighted by Crippen LogP contribution is -3.00. The topological polar surface area (TPSA) is 55.6 Å². The molecule has 0 aromatic heterocycles. The van der Waals surface area contributed by atoms with Gasteiger partial charge in [-0.1, -0.05) is 72.8 Å². The first-order chi connectivity index (χ1) is 15.7. The van der Waals surface area contributed by atoms with Crippen LogP contribution >= 0.6 is 0 Å². The second kappa shape index (κ2) is 10.1. The number of nitrogens with two attached hydrogens (primary N) is 1. The molecule has 1 amide bonds. The predicted molar refractivity (Wildman–Crippen MR) is 128 cm³/mol. The predicted octanol–water partition coefficient (Wildman–Crippen LogP) is 1.07. The Bertz CT molecular complexity index is 1050. The molecule has 172 valence electrons. The third kappa shape index (κ3) is 4.44. The molecule has 0 bridgehead atoms. The van der Waals surface area contributed by atoms with E-state index in [2.05, 4.69) is 23.1 Å². The van der Waals surface area contributed by atoms with Crippen LogP contribution < -0.4 is 27.5 Å². The lowest BCUT2D eigenvalue weighted by Gasteiger charge is -2.37. The van der Waals surface area contributed by atoms with E-state index in [1.54, 1.807) is 0 Å². The van der Waals surface area contributed by atoms with Gasteiger partial charge in [-0.05, 0) is 53.6 Å². The Morgan fingerprint density at radius 1 is 1.03 bits per heavy atom. The summed E-state index contributed by atoms with van der Waals surface area (Å²) in [7, 11) is 0. The smallest absolute Gasteiger partial charge is 1.00 e. The Balaban J connectivity index is 0.00000162. The quantitative estimate of drug-likeness (QED) is 0.521. The number of ether oxygens (including phenoxy) is 1. The van der Waals surface area contributed by atoms with Crippen molar-refractivity contribution < 1.29 is 27.9 Å². The summed E-state index contributed by atoms with van der Waals surface area (Å²) < 4.78 is 5.64. The van der Waals surface area contributed by atoms with Crippen LogP contribution in [0.2, 0.25) is 0 Å². The summed E-state index contributed by atoms with van der Waals surface area (Å²) in [4.78, 5) is 15.7. The molecular formula is C28H31BrN2O2. The van der Waals surface area contributed by atoms with Gasteiger partial charge in [-0.3, -0.25) is 4.79 Å². The zero-order chi connectivity index (χ0) is 22.0. The molecule has 2 aliphatic heterocycles. The number of carbonyl (C=O) groups is 1. The maximum absolute atomic E-state index is 13.2. The number of benzene rings is 3. The lowest BCUT2D eigenvalue weighted by atomic mass is 9.64. The van der Waals surface area contributed by atoms with Crippen LogP contribution in [0.15, 0.2) is 78.9 Å². The van der Waals surface area contributed by atoms with Crippen molar-refractivity contribution in [1.82, 2.24) is 4.90 Å². The Morgan fingerprint density at radius 2 is 1.70 bits per heavy atom. The first-order valence-electron chi connectivity index (χ1n) is 11.6. The molecule has 5 heteroatoms. The number of fused-ring (bicyclic) bond motifs is 1. The number of nitrogens with zero attached hydrogens (tertiary/aromatic N) is 1. The summed E-state index contributed by atoms with van der Waals surface area (Å²) in [5.41, 5.74) is 10.0. The highest BCUT2D eigenvalue weighted by molar-refractivity contribution is 5.91. The molecule has 1 fully saturated rings. The molecule has 0 aliphatic carbocycles. The summed E-state index contributed by atoms with van der Waals surface area (Å²) in [5, 5.41) is 0. The Morgan fingerprint density at radius 3 is 2.33 bits per heavy atom. The van der Waals surface area contributed by atoms with Gasteiger partial charge in [0.1, 0.15) is 11.2 Å². The molecule has 0 radical (unpaired) electrons. The van der Waals surface area contributed by atoms with E-state index in [1.165, 1.54) is 11.1 Å². The van der Waals surface area contributed by atoms with Crippen LogP contribution in [0.1, 0.15) is 30.1 Å². The summed E-state index contributed by atoms with van der Waals surface area (Å²) in [5.74, 6) is 0.908.